The van der Waals surface area contributed by atoms with E-state index in [0.717, 1.165) is 5.56 Å². The van der Waals surface area contributed by atoms with Crippen molar-refractivity contribution < 1.29 is 14.0 Å². The van der Waals surface area contributed by atoms with E-state index in [1.165, 1.54) is 17.0 Å². The molecule has 2 aliphatic heterocycles. The molecule has 6 nitrogen and oxygen atoms in total. The van der Waals surface area contributed by atoms with Crippen LogP contribution in [0.3, 0.4) is 0 Å². The molecule has 0 aliphatic carbocycles. The predicted octanol–water partition coefficient (Wildman–Crippen LogP) is 2.21. The summed E-state index contributed by atoms with van der Waals surface area (Å²) < 4.78 is 13.7. The summed E-state index contributed by atoms with van der Waals surface area (Å²) in [6.45, 7) is 0.733. The Kier molecular flexibility index (Phi) is 3.91. The van der Waals surface area contributed by atoms with Crippen LogP contribution in [0.1, 0.15) is 17.2 Å². The maximum atomic E-state index is 13.7. The Labute approximate surface area is 149 Å². The van der Waals surface area contributed by atoms with Crippen LogP contribution < -0.4 is 5.32 Å². The first-order chi connectivity index (χ1) is 12.5. The van der Waals surface area contributed by atoms with Gasteiger partial charge >= 0.3 is 6.03 Å². The Hall–Kier alpha value is -3.22. The van der Waals surface area contributed by atoms with Crippen molar-refractivity contribution in [3.63, 3.8) is 0 Å². The Morgan fingerprint density at radius 1 is 1.27 bits per heavy atom. The summed E-state index contributed by atoms with van der Waals surface area (Å²) in [4.78, 5) is 32.6. The van der Waals surface area contributed by atoms with Gasteiger partial charge in [0.15, 0.2) is 0 Å². The van der Waals surface area contributed by atoms with Crippen LogP contribution in [-0.2, 0) is 11.3 Å². The van der Waals surface area contributed by atoms with Crippen molar-refractivity contribution in [3.05, 3.63) is 77.0 Å². The highest BCUT2D eigenvalue weighted by atomic mass is 19.1. The Morgan fingerprint density at radius 2 is 2.12 bits per heavy atom. The molecule has 7 heteroatoms. The number of pyridine rings is 1. The van der Waals surface area contributed by atoms with E-state index in [2.05, 4.69) is 10.3 Å². The number of urea groups is 1. The molecule has 1 atom stereocenters. The second-order valence-electron chi connectivity index (χ2n) is 6.38. The molecule has 1 N–H and O–H groups in total. The van der Waals surface area contributed by atoms with Crippen LogP contribution in [0, 0.1) is 5.82 Å². The summed E-state index contributed by atoms with van der Waals surface area (Å²) in [5, 5.41) is 2.80. The Morgan fingerprint density at radius 3 is 2.85 bits per heavy atom. The number of amides is 3. The third-order valence-electron chi connectivity index (χ3n) is 4.71. The maximum Gasteiger partial charge on any atom is 0.322 e. The van der Waals surface area contributed by atoms with E-state index >= 15 is 0 Å². The second kappa shape index (κ2) is 6.25. The van der Waals surface area contributed by atoms with E-state index < -0.39 is 11.9 Å². The number of hydrogen-bond acceptors (Lipinski definition) is 3. The molecule has 132 valence electrons. The number of carbonyl (C=O) groups excluding carboxylic acids is 2. The highest BCUT2D eigenvalue weighted by Gasteiger charge is 2.42. The lowest BCUT2D eigenvalue weighted by Crippen LogP contribution is -2.45. The molecule has 1 aromatic carbocycles. The standard InChI is InChI=1S/C19H17FN4O2/c1-23-15-11-24(10-12-4-3-7-21-9-12)18(25)16(15)17(22-19(23)26)13-5-2-6-14(20)8-13/h2-9,17H,10-11H2,1H3,(H,22,26)/t17-/m0/s1. The van der Waals surface area contributed by atoms with Crippen molar-refractivity contribution in [2.24, 2.45) is 0 Å². The molecule has 0 radical (unpaired) electrons. The normalized spacial score (nSPS) is 19.7. The van der Waals surface area contributed by atoms with Crippen LogP contribution in [0.4, 0.5) is 9.18 Å². The molecule has 0 saturated heterocycles. The molecule has 2 aliphatic rings. The predicted molar refractivity (Wildman–Crippen MR) is 92.1 cm³/mol. The van der Waals surface area contributed by atoms with Gasteiger partial charge in [-0.1, -0.05) is 18.2 Å². The first kappa shape index (κ1) is 16.3. The molecule has 0 fully saturated rings. The van der Waals surface area contributed by atoms with Crippen LogP contribution in [0.5, 0.6) is 0 Å². The van der Waals surface area contributed by atoms with Crippen LogP contribution in [0.2, 0.25) is 0 Å². The summed E-state index contributed by atoms with van der Waals surface area (Å²) in [5.41, 5.74) is 2.60. The van der Waals surface area contributed by atoms with E-state index in [0.29, 0.717) is 29.9 Å². The topological polar surface area (TPSA) is 65.5 Å². The van der Waals surface area contributed by atoms with Crippen molar-refractivity contribution in [3.8, 4) is 0 Å². The lowest BCUT2D eigenvalue weighted by atomic mass is 9.95. The summed E-state index contributed by atoms with van der Waals surface area (Å²) in [7, 11) is 1.63. The van der Waals surface area contributed by atoms with Gasteiger partial charge in [0.25, 0.3) is 5.91 Å². The van der Waals surface area contributed by atoms with Gasteiger partial charge in [-0.25, -0.2) is 9.18 Å². The highest BCUT2D eigenvalue weighted by molar-refractivity contribution is 6.01. The Bertz CT molecular complexity index is 913. The monoisotopic (exact) mass is 352 g/mol. The molecule has 26 heavy (non-hydrogen) atoms. The largest absolute Gasteiger partial charge is 0.329 e. The molecule has 0 bridgehead atoms. The lowest BCUT2D eigenvalue weighted by molar-refractivity contribution is -0.126. The number of hydrogen-bond donors (Lipinski definition) is 1. The van der Waals surface area contributed by atoms with Gasteiger partial charge in [-0.2, -0.15) is 0 Å². The first-order valence-electron chi connectivity index (χ1n) is 8.25. The molecule has 1 aromatic heterocycles. The van der Waals surface area contributed by atoms with Crippen molar-refractivity contribution in [1.82, 2.24) is 20.1 Å². The van der Waals surface area contributed by atoms with E-state index in [1.807, 2.05) is 12.1 Å². The minimum Gasteiger partial charge on any atom is -0.329 e. The average molecular weight is 352 g/mol. The van der Waals surface area contributed by atoms with Gasteiger partial charge in [-0.05, 0) is 29.3 Å². The van der Waals surface area contributed by atoms with Gasteiger partial charge < -0.3 is 10.2 Å². The summed E-state index contributed by atoms with van der Waals surface area (Å²) in [5.74, 6) is -0.569. The van der Waals surface area contributed by atoms with Crippen molar-refractivity contribution in [2.75, 3.05) is 13.6 Å². The number of benzene rings is 1. The van der Waals surface area contributed by atoms with E-state index in [4.69, 9.17) is 0 Å². The minimum atomic E-state index is -0.657. The number of rotatable bonds is 3. The minimum absolute atomic E-state index is 0.162. The van der Waals surface area contributed by atoms with E-state index in [1.54, 1.807) is 36.5 Å². The summed E-state index contributed by atoms with van der Waals surface area (Å²) >= 11 is 0. The van der Waals surface area contributed by atoms with Crippen molar-refractivity contribution in [2.45, 2.75) is 12.6 Å². The third kappa shape index (κ3) is 2.71. The number of halogens is 1. The Balaban J connectivity index is 1.69. The number of likely N-dealkylation sites (N-methyl/N-ethyl adjacent to an activating group) is 1. The lowest BCUT2D eigenvalue weighted by Gasteiger charge is -2.31. The molecule has 0 unspecified atom stereocenters. The van der Waals surface area contributed by atoms with Gasteiger partial charge in [-0.15, -0.1) is 0 Å². The third-order valence-corrected chi connectivity index (χ3v) is 4.71. The first-order valence-corrected chi connectivity index (χ1v) is 8.25. The molecule has 4 rings (SSSR count). The zero-order valence-electron chi connectivity index (χ0n) is 14.1. The average Bonchev–Trinajstić information content (AvgIpc) is 2.96. The molecule has 3 amide bonds. The fourth-order valence-corrected chi connectivity index (χ4v) is 3.40. The molecular weight excluding hydrogens is 335 g/mol. The zero-order chi connectivity index (χ0) is 18.3. The van der Waals surface area contributed by atoms with Crippen LogP contribution in [0.15, 0.2) is 60.1 Å². The zero-order valence-corrected chi connectivity index (χ0v) is 14.1. The number of nitrogens with one attached hydrogen (secondary N) is 1. The molecule has 0 spiro atoms. The van der Waals surface area contributed by atoms with Crippen molar-refractivity contribution in [1.29, 1.82) is 0 Å². The number of aromatic nitrogens is 1. The number of nitrogens with zero attached hydrogens (tertiary/aromatic N) is 3. The van der Waals surface area contributed by atoms with Gasteiger partial charge in [0.05, 0.1) is 23.9 Å². The van der Waals surface area contributed by atoms with Crippen molar-refractivity contribution >= 4 is 11.9 Å². The molecule has 2 aromatic rings. The molecule has 3 heterocycles. The second-order valence-corrected chi connectivity index (χ2v) is 6.38. The summed E-state index contributed by atoms with van der Waals surface area (Å²) in [6.07, 6.45) is 3.39. The van der Waals surface area contributed by atoms with E-state index in [-0.39, 0.29) is 11.9 Å². The quantitative estimate of drug-likeness (QED) is 0.921. The van der Waals surface area contributed by atoms with Gasteiger partial charge in [-0.3, -0.25) is 14.7 Å². The smallest absolute Gasteiger partial charge is 0.322 e. The number of carbonyl (C=O) groups is 2. The fourth-order valence-electron chi connectivity index (χ4n) is 3.40. The SMILES string of the molecule is CN1C(=O)N[C@@H](c2cccc(F)c2)C2=C1CN(Cc1cccnc1)C2=O. The van der Waals surface area contributed by atoms with Crippen LogP contribution >= 0.6 is 0 Å². The molecule has 0 saturated carbocycles. The maximum absolute atomic E-state index is 13.7. The van der Waals surface area contributed by atoms with Gasteiger partial charge in [0.2, 0.25) is 0 Å². The molecular formula is C19H17FN4O2. The summed E-state index contributed by atoms with van der Waals surface area (Å²) in [6, 6.07) is 8.71. The fraction of sp³-hybridized carbons (Fsp3) is 0.211. The van der Waals surface area contributed by atoms with E-state index in [9.17, 15) is 14.0 Å². The highest BCUT2D eigenvalue weighted by Crippen LogP contribution is 2.36. The van der Waals surface area contributed by atoms with Crippen LogP contribution in [-0.4, -0.2) is 40.3 Å². The van der Waals surface area contributed by atoms with Gasteiger partial charge in [0, 0.05) is 26.0 Å². The van der Waals surface area contributed by atoms with Gasteiger partial charge in [0.1, 0.15) is 5.82 Å². The van der Waals surface area contributed by atoms with Crippen LogP contribution in [0.25, 0.3) is 0 Å².